The van der Waals surface area contributed by atoms with Gasteiger partial charge in [-0.2, -0.15) is 4.98 Å². The minimum absolute atomic E-state index is 0.634. The summed E-state index contributed by atoms with van der Waals surface area (Å²) in [5, 5.41) is 12.3. The highest BCUT2D eigenvalue weighted by Crippen LogP contribution is 2.29. The lowest BCUT2D eigenvalue weighted by Gasteiger charge is -2.02. The molecule has 0 fully saturated rings. The van der Waals surface area contributed by atoms with Gasteiger partial charge in [0.15, 0.2) is 0 Å². The molecule has 0 unspecified atom stereocenters. The quantitative estimate of drug-likeness (QED) is 0.605. The van der Waals surface area contributed by atoms with Crippen molar-refractivity contribution in [3.8, 4) is 11.1 Å². The Bertz CT molecular complexity index is 967. The van der Waals surface area contributed by atoms with E-state index in [-0.39, 0.29) is 0 Å². The molecule has 0 saturated carbocycles. The van der Waals surface area contributed by atoms with E-state index in [4.69, 9.17) is 0 Å². The molecule has 3 heterocycles. The Hall–Kier alpha value is -2.96. The van der Waals surface area contributed by atoms with Crippen molar-refractivity contribution < 1.29 is 0 Å². The van der Waals surface area contributed by atoms with Gasteiger partial charge in [-0.15, -0.1) is 5.10 Å². The molecule has 0 bridgehead atoms. The van der Waals surface area contributed by atoms with Crippen molar-refractivity contribution in [2.45, 2.75) is 6.92 Å². The van der Waals surface area contributed by atoms with Crippen molar-refractivity contribution in [2.24, 2.45) is 7.05 Å². The van der Waals surface area contributed by atoms with Gasteiger partial charge >= 0.3 is 0 Å². The van der Waals surface area contributed by atoms with Crippen LogP contribution < -0.4 is 5.32 Å². The van der Waals surface area contributed by atoms with E-state index < -0.39 is 0 Å². The maximum Gasteiger partial charge on any atom is 0.224 e. The minimum Gasteiger partial charge on any atom is -0.354 e. The molecule has 0 amide bonds. The Morgan fingerprint density at radius 2 is 2.23 bits per heavy atom. The van der Waals surface area contributed by atoms with Crippen molar-refractivity contribution in [2.75, 3.05) is 11.9 Å². The Morgan fingerprint density at radius 3 is 3.09 bits per heavy atom. The first-order valence-corrected chi connectivity index (χ1v) is 7.14. The van der Waals surface area contributed by atoms with Gasteiger partial charge in [0, 0.05) is 36.9 Å². The van der Waals surface area contributed by atoms with Crippen LogP contribution in [0.5, 0.6) is 0 Å². The van der Waals surface area contributed by atoms with E-state index in [0.29, 0.717) is 5.95 Å². The topological polar surface area (TPSA) is 84.3 Å². The molecule has 7 nitrogen and oxygen atoms in total. The highest BCUT2D eigenvalue weighted by atomic mass is 15.4. The number of hydrogen-bond donors (Lipinski definition) is 2. The molecule has 7 heteroatoms. The molecule has 0 spiro atoms. The van der Waals surface area contributed by atoms with E-state index in [2.05, 4.69) is 36.6 Å². The molecule has 0 aliphatic heterocycles. The minimum atomic E-state index is 0.634. The number of H-pyrrole nitrogens is 1. The van der Waals surface area contributed by atoms with E-state index in [1.165, 1.54) is 0 Å². The number of nitrogens with one attached hydrogen (secondary N) is 2. The molecule has 0 atom stereocenters. The first kappa shape index (κ1) is 12.8. The van der Waals surface area contributed by atoms with Crippen LogP contribution in [-0.2, 0) is 7.05 Å². The molecule has 4 aromatic rings. The third-order valence-corrected chi connectivity index (χ3v) is 3.69. The number of aryl methyl sites for hydroxylation is 1. The van der Waals surface area contributed by atoms with E-state index in [1.807, 2.05) is 38.5 Å². The maximum absolute atomic E-state index is 4.47. The number of benzene rings is 1. The van der Waals surface area contributed by atoms with E-state index in [9.17, 15) is 0 Å². The summed E-state index contributed by atoms with van der Waals surface area (Å²) in [5.74, 6) is 0.634. The summed E-state index contributed by atoms with van der Waals surface area (Å²) in [4.78, 5) is 12.0. The number of fused-ring (bicyclic) bond motifs is 2. The fraction of sp³-hybridized carbons (Fsp3) is 0.200. The van der Waals surface area contributed by atoms with Crippen LogP contribution in [0.25, 0.3) is 33.2 Å². The fourth-order valence-corrected chi connectivity index (χ4v) is 2.59. The van der Waals surface area contributed by atoms with Gasteiger partial charge in [-0.25, -0.2) is 9.67 Å². The van der Waals surface area contributed by atoms with Crippen molar-refractivity contribution >= 4 is 28.0 Å². The predicted octanol–water partition coefficient (Wildman–Crippen LogP) is 2.34. The third-order valence-electron chi connectivity index (χ3n) is 3.69. The molecule has 1 aromatic carbocycles. The Kier molecular flexibility index (Phi) is 2.78. The predicted molar refractivity (Wildman–Crippen MR) is 85.6 cm³/mol. The van der Waals surface area contributed by atoms with E-state index in [1.54, 1.807) is 4.68 Å². The van der Waals surface area contributed by atoms with Gasteiger partial charge in [0.05, 0.1) is 5.52 Å². The Balaban J connectivity index is 1.86. The van der Waals surface area contributed by atoms with E-state index in [0.717, 1.165) is 39.7 Å². The average molecular weight is 293 g/mol. The van der Waals surface area contributed by atoms with Gasteiger partial charge in [0.25, 0.3) is 0 Å². The second-order valence-electron chi connectivity index (χ2n) is 5.11. The molecule has 3 aromatic heterocycles. The Labute approximate surface area is 126 Å². The summed E-state index contributed by atoms with van der Waals surface area (Å²) in [6.45, 7) is 2.81. The number of aromatic nitrogens is 6. The van der Waals surface area contributed by atoms with Gasteiger partial charge in [-0.3, -0.25) is 0 Å². The van der Waals surface area contributed by atoms with Crippen molar-refractivity contribution in [3.05, 3.63) is 30.6 Å². The number of hydrogen-bond acceptors (Lipinski definition) is 5. The van der Waals surface area contributed by atoms with Crippen LogP contribution in [0.4, 0.5) is 5.95 Å². The number of nitrogens with zero attached hydrogens (tertiary/aromatic N) is 5. The van der Waals surface area contributed by atoms with Gasteiger partial charge in [-0.05, 0) is 24.6 Å². The van der Waals surface area contributed by atoms with E-state index >= 15 is 0 Å². The zero-order chi connectivity index (χ0) is 15.1. The molecule has 110 valence electrons. The summed E-state index contributed by atoms with van der Waals surface area (Å²) in [6, 6.07) is 6.10. The SMILES string of the molecule is CCNc1ncc2c(-c3ccc4nnn(C)c4c3)c[nH]c2n1. The van der Waals surface area contributed by atoms with Gasteiger partial charge in [0.2, 0.25) is 5.95 Å². The normalized spacial score (nSPS) is 11.4. The second-order valence-corrected chi connectivity index (χ2v) is 5.11. The van der Waals surface area contributed by atoms with Crippen LogP contribution >= 0.6 is 0 Å². The van der Waals surface area contributed by atoms with Gasteiger partial charge < -0.3 is 10.3 Å². The monoisotopic (exact) mass is 293 g/mol. The zero-order valence-electron chi connectivity index (χ0n) is 12.3. The molecular weight excluding hydrogens is 278 g/mol. The lowest BCUT2D eigenvalue weighted by molar-refractivity contribution is 0.736. The third kappa shape index (κ3) is 1.90. The zero-order valence-corrected chi connectivity index (χ0v) is 12.3. The van der Waals surface area contributed by atoms with Crippen LogP contribution in [-0.4, -0.2) is 36.5 Å². The summed E-state index contributed by atoms with van der Waals surface area (Å²) in [7, 11) is 1.89. The molecule has 0 radical (unpaired) electrons. The standard InChI is InChI=1S/C15H15N7/c1-3-16-15-18-8-11-10(7-17-14(11)19-15)9-4-5-12-13(6-9)22(2)21-20-12/h4-8H,3H2,1-2H3,(H2,16,17,18,19). The molecule has 2 N–H and O–H groups in total. The summed E-state index contributed by atoms with van der Waals surface area (Å²) in [5.41, 5.74) is 4.86. The van der Waals surface area contributed by atoms with Crippen LogP contribution in [0.15, 0.2) is 30.6 Å². The summed E-state index contributed by atoms with van der Waals surface area (Å²) in [6.07, 6.45) is 3.80. The molecule has 4 rings (SSSR count). The van der Waals surface area contributed by atoms with Crippen molar-refractivity contribution in [1.82, 2.24) is 29.9 Å². The Morgan fingerprint density at radius 1 is 1.32 bits per heavy atom. The van der Waals surface area contributed by atoms with Gasteiger partial charge in [0.1, 0.15) is 11.2 Å². The second kappa shape index (κ2) is 4.80. The van der Waals surface area contributed by atoms with Gasteiger partial charge in [-0.1, -0.05) is 11.3 Å². The lowest BCUT2D eigenvalue weighted by atomic mass is 10.1. The van der Waals surface area contributed by atoms with Crippen molar-refractivity contribution in [3.63, 3.8) is 0 Å². The van der Waals surface area contributed by atoms with Crippen LogP contribution in [0.1, 0.15) is 6.92 Å². The highest BCUT2D eigenvalue weighted by Gasteiger charge is 2.10. The molecule has 0 aliphatic rings. The first-order chi connectivity index (χ1) is 10.8. The smallest absolute Gasteiger partial charge is 0.224 e. The van der Waals surface area contributed by atoms with Crippen LogP contribution in [0, 0.1) is 0 Å². The number of aromatic amines is 1. The average Bonchev–Trinajstić information content (AvgIpc) is 3.11. The maximum atomic E-state index is 4.47. The number of anilines is 1. The van der Waals surface area contributed by atoms with Crippen molar-refractivity contribution in [1.29, 1.82) is 0 Å². The molecule has 0 saturated heterocycles. The van der Waals surface area contributed by atoms with Crippen LogP contribution in [0.3, 0.4) is 0 Å². The lowest BCUT2D eigenvalue weighted by Crippen LogP contribution is -2.01. The molecule has 22 heavy (non-hydrogen) atoms. The van der Waals surface area contributed by atoms with Crippen LogP contribution in [0.2, 0.25) is 0 Å². The largest absolute Gasteiger partial charge is 0.354 e. The fourth-order valence-electron chi connectivity index (χ4n) is 2.59. The molecule has 0 aliphatic carbocycles. The molecular formula is C15H15N7. The highest BCUT2D eigenvalue weighted by molar-refractivity contribution is 5.95. The summed E-state index contributed by atoms with van der Waals surface area (Å²) >= 11 is 0. The first-order valence-electron chi connectivity index (χ1n) is 7.14. The summed E-state index contributed by atoms with van der Waals surface area (Å²) < 4.78 is 1.77. The number of rotatable bonds is 3.